The average molecular weight is 294 g/mol. The second-order valence-electron chi connectivity index (χ2n) is 4.45. The number of rotatable bonds is 4. The topological polar surface area (TPSA) is 123 Å². The van der Waals surface area contributed by atoms with Crippen molar-refractivity contribution in [1.29, 1.82) is 0 Å². The first kappa shape index (κ1) is 14.7. The number of hydrogen-bond acceptors (Lipinski definition) is 7. The van der Waals surface area contributed by atoms with E-state index in [9.17, 15) is 14.4 Å². The van der Waals surface area contributed by atoms with Gasteiger partial charge in [-0.3, -0.25) is 9.59 Å². The molecule has 0 radical (unpaired) electrons. The second-order valence-corrected chi connectivity index (χ2v) is 4.45. The van der Waals surface area contributed by atoms with Gasteiger partial charge in [0.15, 0.2) is 11.9 Å². The summed E-state index contributed by atoms with van der Waals surface area (Å²) >= 11 is 0. The van der Waals surface area contributed by atoms with Crippen LogP contribution in [0.5, 0.6) is 0 Å². The molecule has 0 fully saturated rings. The lowest BCUT2D eigenvalue weighted by molar-refractivity contribution is -0.146. The van der Waals surface area contributed by atoms with Crippen molar-refractivity contribution in [2.24, 2.45) is 5.10 Å². The lowest BCUT2D eigenvalue weighted by atomic mass is 10.2. The summed E-state index contributed by atoms with van der Waals surface area (Å²) < 4.78 is 9.77. The van der Waals surface area contributed by atoms with Gasteiger partial charge in [-0.05, 0) is 13.8 Å². The Labute approximate surface area is 119 Å². The van der Waals surface area contributed by atoms with Crippen molar-refractivity contribution in [2.45, 2.75) is 32.8 Å². The standard InChI is InChI=1S/C12H14N4O5/c1-6-5-9(16-21-6)13-11(18)7(2)20-12(19)8-3-4-10(17)15-14-8/h5,7H,3-4H2,1-2H3,(H,15,17)(H,13,16,18)/t7-/m0/s1. The summed E-state index contributed by atoms with van der Waals surface area (Å²) in [4.78, 5) is 34.5. The van der Waals surface area contributed by atoms with Crippen molar-refractivity contribution >= 4 is 29.3 Å². The van der Waals surface area contributed by atoms with Gasteiger partial charge in [0, 0.05) is 18.9 Å². The average Bonchev–Trinajstić information content (AvgIpc) is 2.84. The Morgan fingerprint density at radius 3 is 2.81 bits per heavy atom. The van der Waals surface area contributed by atoms with E-state index in [2.05, 4.69) is 21.0 Å². The molecular formula is C12H14N4O5. The van der Waals surface area contributed by atoms with Crippen LogP contribution in [0, 0.1) is 6.92 Å². The molecule has 9 heteroatoms. The third-order valence-electron chi connectivity index (χ3n) is 2.67. The first-order valence-corrected chi connectivity index (χ1v) is 6.26. The van der Waals surface area contributed by atoms with Crippen molar-refractivity contribution in [3.8, 4) is 0 Å². The number of carbonyl (C=O) groups excluding carboxylic acids is 3. The zero-order valence-corrected chi connectivity index (χ0v) is 11.5. The predicted octanol–water partition coefficient (Wildman–Crippen LogP) is 0.119. The number of aryl methyl sites for hydroxylation is 1. The molecule has 112 valence electrons. The highest BCUT2D eigenvalue weighted by Gasteiger charge is 2.24. The van der Waals surface area contributed by atoms with E-state index in [0.717, 1.165) is 0 Å². The highest BCUT2D eigenvalue weighted by Crippen LogP contribution is 2.09. The molecule has 2 heterocycles. The fraction of sp³-hybridized carbons (Fsp3) is 0.417. The van der Waals surface area contributed by atoms with Crippen LogP contribution in [0.1, 0.15) is 25.5 Å². The smallest absolute Gasteiger partial charge is 0.355 e. The molecule has 1 aromatic heterocycles. The van der Waals surface area contributed by atoms with Crippen LogP contribution in [0.4, 0.5) is 5.82 Å². The van der Waals surface area contributed by atoms with Gasteiger partial charge < -0.3 is 14.6 Å². The Morgan fingerprint density at radius 2 is 2.24 bits per heavy atom. The fourth-order valence-electron chi connectivity index (χ4n) is 1.56. The molecule has 2 rings (SSSR count). The van der Waals surface area contributed by atoms with Gasteiger partial charge >= 0.3 is 5.97 Å². The highest BCUT2D eigenvalue weighted by atomic mass is 16.5. The number of nitrogens with zero attached hydrogens (tertiary/aromatic N) is 2. The van der Waals surface area contributed by atoms with E-state index >= 15 is 0 Å². The van der Waals surface area contributed by atoms with E-state index in [1.165, 1.54) is 13.0 Å². The van der Waals surface area contributed by atoms with Crippen LogP contribution < -0.4 is 10.7 Å². The van der Waals surface area contributed by atoms with Crippen molar-refractivity contribution in [3.63, 3.8) is 0 Å². The number of hydrogen-bond donors (Lipinski definition) is 2. The van der Waals surface area contributed by atoms with Gasteiger partial charge in [-0.1, -0.05) is 5.16 Å². The number of hydrazone groups is 1. The van der Waals surface area contributed by atoms with Crippen molar-refractivity contribution in [2.75, 3.05) is 5.32 Å². The van der Waals surface area contributed by atoms with Crippen LogP contribution in [-0.4, -0.2) is 34.8 Å². The van der Waals surface area contributed by atoms with Crippen LogP contribution in [0.3, 0.4) is 0 Å². The molecule has 0 unspecified atom stereocenters. The maximum atomic E-state index is 11.8. The van der Waals surface area contributed by atoms with Gasteiger partial charge in [-0.15, -0.1) is 0 Å². The van der Waals surface area contributed by atoms with Crippen LogP contribution in [-0.2, 0) is 19.1 Å². The SMILES string of the molecule is Cc1cc(NC(=O)[C@H](C)OC(=O)C2=NNC(=O)CC2)no1. The Morgan fingerprint density at radius 1 is 1.48 bits per heavy atom. The van der Waals surface area contributed by atoms with Gasteiger partial charge in [0.05, 0.1) is 0 Å². The Balaban J connectivity index is 1.88. The molecule has 0 aromatic carbocycles. The molecule has 9 nitrogen and oxygen atoms in total. The van der Waals surface area contributed by atoms with Crippen molar-refractivity contribution in [1.82, 2.24) is 10.6 Å². The summed E-state index contributed by atoms with van der Waals surface area (Å²) in [5.74, 6) is -0.769. The van der Waals surface area contributed by atoms with Crippen molar-refractivity contribution < 1.29 is 23.6 Å². The number of anilines is 1. The van der Waals surface area contributed by atoms with Crippen LogP contribution in [0.25, 0.3) is 0 Å². The minimum absolute atomic E-state index is 0.0755. The third-order valence-corrected chi connectivity index (χ3v) is 2.67. The molecule has 1 aromatic rings. The Kier molecular flexibility index (Phi) is 4.31. The zero-order chi connectivity index (χ0) is 15.4. The molecular weight excluding hydrogens is 280 g/mol. The number of ether oxygens (including phenoxy) is 1. The second kappa shape index (κ2) is 6.16. The molecule has 2 amide bonds. The van der Waals surface area contributed by atoms with Crippen molar-refractivity contribution in [3.05, 3.63) is 11.8 Å². The van der Waals surface area contributed by atoms with Gasteiger partial charge in [-0.2, -0.15) is 5.10 Å². The lowest BCUT2D eigenvalue weighted by Gasteiger charge is -2.15. The monoisotopic (exact) mass is 294 g/mol. The quantitative estimate of drug-likeness (QED) is 0.760. The van der Waals surface area contributed by atoms with Gasteiger partial charge in [0.1, 0.15) is 11.5 Å². The first-order chi connectivity index (χ1) is 9.95. The first-order valence-electron chi connectivity index (χ1n) is 6.26. The summed E-state index contributed by atoms with van der Waals surface area (Å²) in [6.45, 7) is 3.10. The number of carbonyl (C=O) groups is 3. The maximum absolute atomic E-state index is 11.8. The van der Waals surface area contributed by atoms with E-state index < -0.39 is 18.0 Å². The van der Waals surface area contributed by atoms with Crippen LogP contribution in [0.2, 0.25) is 0 Å². The largest absolute Gasteiger partial charge is 0.448 e. The molecule has 1 aliphatic rings. The molecule has 2 N–H and O–H groups in total. The molecule has 0 saturated carbocycles. The number of amides is 2. The van der Waals surface area contributed by atoms with Gasteiger partial charge in [0.2, 0.25) is 5.91 Å². The molecule has 21 heavy (non-hydrogen) atoms. The Bertz CT molecular complexity index is 607. The van der Waals surface area contributed by atoms with E-state index in [-0.39, 0.29) is 30.3 Å². The maximum Gasteiger partial charge on any atom is 0.355 e. The molecule has 1 aliphatic heterocycles. The van der Waals surface area contributed by atoms with Crippen LogP contribution >= 0.6 is 0 Å². The normalized spacial score (nSPS) is 15.7. The van der Waals surface area contributed by atoms with Gasteiger partial charge in [-0.25, -0.2) is 10.2 Å². The summed E-state index contributed by atoms with van der Waals surface area (Å²) in [6, 6.07) is 1.53. The third kappa shape index (κ3) is 3.88. The number of esters is 1. The number of nitrogens with one attached hydrogen (secondary N) is 2. The number of aromatic nitrogens is 1. The zero-order valence-electron chi connectivity index (χ0n) is 11.5. The van der Waals surface area contributed by atoms with E-state index in [1.807, 2.05) is 0 Å². The minimum atomic E-state index is -1.03. The van der Waals surface area contributed by atoms with Gasteiger partial charge in [0.25, 0.3) is 5.91 Å². The lowest BCUT2D eigenvalue weighted by Crippen LogP contribution is -2.35. The summed E-state index contributed by atoms with van der Waals surface area (Å²) in [6.07, 6.45) is -0.691. The minimum Gasteiger partial charge on any atom is -0.448 e. The molecule has 0 aliphatic carbocycles. The predicted molar refractivity (Wildman–Crippen MR) is 70.2 cm³/mol. The fourth-order valence-corrected chi connectivity index (χ4v) is 1.56. The molecule has 1 atom stereocenters. The summed E-state index contributed by atoms with van der Waals surface area (Å²) in [7, 11) is 0. The van der Waals surface area contributed by atoms with E-state index in [0.29, 0.717) is 5.76 Å². The molecule has 0 spiro atoms. The summed E-state index contributed by atoms with van der Waals surface area (Å²) in [5, 5.41) is 9.64. The Hall–Kier alpha value is -2.71. The van der Waals surface area contributed by atoms with Crippen LogP contribution in [0.15, 0.2) is 15.7 Å². The summed E-state index contributed by atoms with van der Waals surface area (Å²) in [5.41, 5.74) is 2.26. The van der Waals surface area contributed by atoms with E-state index in [1.54, 1.807) is 6.92 Å². The van der Waals surface area contributed by atoms with E-state index in [4.69, 9.17) is 9.26 Å². The molecule has 0 saturated heterocycles. The highest BCUT2D eigenvalue weighted by molar-refractivity contribution is 6.37. The molecule has 0 bridgehead atoms.